The average Bonchev–Trinajstić information content (AvgIpc) is 3.33. The summed E-state index contributed by atoms with van der Waals surface area (Å²) in [5, 5.41) is 7.89. The molecule has 146 valence electrons. The zero-order valence-electron chi connectivity index (χ0n) is 15.7. The normalized spacial score (nSPS) is 15.2. The fraction of sp³-hybridized carbons (Fsp3) is 0.190. The Morgan fingerprint density at radius 3 is 2.14 bits per heavy atom. The topological polar surface area (TPSA) is 103 Å². The van der Waals surface area contributed by atoms with Gasteiger partial charge >= 0.3 is 5.97 Å². The first kappa shape index (κ1) is 18.5. The van der Waals surface area contributed by atoms with Crippen LogP contribution in [0, 0.1) is 0 Å². The maximum atomic E-state index is 12.6. The molecule has 8 heteroatoms. The van der Waals surface area contributed by atoms with Gasteiger partial charge in [-0.15, -0.1) is 10.2 Å². The van der Waals surface area contributed by atoms with E-state index in [2.05, 4.69) is 10.2 Å². The Morgan fingerprint density at radius 1 is 0.931 bits per heavy atom. The average molecular weight is 391 g/mol. The highest BCUT2D eigenvalue weighted by Gasteiger charge is 2.41. The van der Waals surface area contributed by atoms with E-state index in [9.17, 15) is 14.4 Å². The number of imide groups is 1. The first-order valence-corrected chi connectivity index (χ1v) is 9.03. The molecule has 4 rings (SSSR count). The van der Waals surface area contributed by atoms with E-state index in [1.165, 1.54) is 6.92 Å². The molecule has 0 N–H and O–H groups in total. The van der Waals surface area contributed by atoms with Gasteiger partial charge in [0.2, 0.25) is 5.89 Å². The molecule has 0 aliphatic carbocycles. The van der Waals surface area contributed by atoms with E-state index in [4.69, 9.17) is 9.15 Å². The second-order valence-corrected chi connectivity index (χ2v) is 6.59. The van der Waals surface area contributed by atoms with Crippen molar-refractivity contribution in [2.45, 2.75) is 26.0 Å². The molecule has 1 aliphatic heterocycles. The first-order chi connectivity index (χ1) is 14.0. The Kier molecular flexibility index (Phi) is 4.67. The Hall–Kier alpha value is -3.81. The Labute approximate surface area is 166 Å². The number of aromatic nitrogens is 2. The maximum Gasteiger partial charge on any atom is 0.329 e. The number of rotatable bonds is 5. The van der Waals surface area contributed by atoms with Crippen molar-refractivity contribution in [2.24, 2.45) is 0 Å². The van der Waals surface area contributed by atoms with Gasteiger partial charge in [-0.25, -0.2) is 4.79 Å². The van der Waals surface area contributed by atoms with Crippen molar-refractivity contribution >= 4 is 17.8 Å². The van der Waals surface area contributed by atoms with E-state index in [0.29, 0.717) is 5.89 Å². The summed E-state index contributed by atoms with van der Waals surface area (Å²) >= 11 is 0. The second kappa shape index (κ2) is 7.31. The van der Waals surface area contributed by atoms with Gasteiger partial charge in [0.25, 0.3) is 17.7 Å². The van der Waals surface area contributed by atoms with Crippen LogP contribution in [0.4, 0.5) is 0 Å². The molecule has 0 unspecified atom stereocenters. The van der Waals surface area contributed by atoms with Crippen LogP contribution in [0.3, 0.4) is 0 Å². The van der Waals surface area contributed by atoms with Crippen LogP contribution < -0.4 is 0 Å². The zero-order valence-corrected chi connectivity index (χ0v) is 15.7. The third-order valence-corrected chi connectivity index (χ3v) is 4.66. The molecular weight excluding hydrogens is 374 g/mol. The van der Waals surface area contributed by atoms with Crippen molar-refractivity contribution in [1.29, 1.82) is 0 Å². The molecule has 0 saturated heterocycles. The van der Waals surface area contributed by atoms with E-state index >= 15 is 0 Å². The molecule has 8 nitrogen and oxygen atoms in total. The predicted molar refractivity (Wildman–Crippen MR) is 101 cm³/mol. The van der Waals surface area contributed by atoms with Gasteiger partial charge in [-0.3, -0.25) is 14.5 Å². The molecule has 0 radical (unpaired) electrons. The monoisotopic (exact) mass is 391 g/mol. The minimum Gasteiger partial charge on any atom is -0.451 e. The van der Waals surface area contributed by atoms with Crippen LogP contribution in [0.1, 0.15) is 46.6 Å². The number of fused-ring (bicyclic) bond motifs is 1. The number of benzene rings is 2. The minimum atomic E-state index is -1.10. The van der Waals surface area contributed by atoms with Crippen LogP contribution in [-0.4, -0.2) is 38.9 Å². The van der Waals surface area contributed by atoms with Crippen molar-refractivity contribution in [2.75, 3.05) is 0 Å². The van der Waals surface area contributed by atoms with E-state index in [-0.39, 0.29) is 17.0 Å². The van der Waals surface area contributed by atoms with Crippen LogP contribution >= 0.6 is 0 Å². The van der Waals surface area contributed by atoms with Crippen molar-refractivity contribution < 1.29 is 23.5 Å². The number of carbonyl (C=O) groups excluding carboxylic acids is 3. The Balaban J connectivity index is 1.46. The fourth-order valence-corrected chi connectivity index (χ4v) is 3.08. The van der Waals surface area contributed by atoms with Crippen LogP contribution in [0.2, 0.25) is 0 Å². The number of hydrogen-bond donors (Lipinski definition) is 0. The van der Waals surface area contributed by atoms with Crippen LogP contribution in [0.25, 0.3) is 11.5 Å². The highest BCUT2D eigenvalue weighted by molar-refractivity contribution is 6.22. The van der Waals surface area contributed by atoms with Gasteiger partial charge in [0.15, 0.2) is 6.10 Å². The lowest BCUT2D eigenvalue weighted by atomic mass is 10.1. The summed E-state index contributed by atoms with van der Waals surface area (Å²) < 4.78 is 11.0. The summed E-state index contributed by atoms with van der Waals surface area (Å²) in [5.41, 5.74) is 1.29. The van der Waals surface area contributed by atoms with E-state index < -0.39 is 29.9 Å². The molecule has 1 aliphatic rings. The summed E-state index contributed by atoms with van der Waals surface area (Å²) in [6.07, 6.45) is -0.843. The van der Waals surface area contributed by atoms with Crippen molar-refractivity contribution in [3.05, 3.63) is 71.6 Å². The molecular formula is C21H17N3O5. The number of hydrogen-bond acceptors (Lipinski definition) is 7. The highest BCUT2D eigenvalue weighted by Crippen LogP contribution is 2.26. The van der Waals surface area contributed by atoms with Gasteiger partial charge in [-0.05, 0) is 38.1 Å². The fourth-order valence-electron chi connectivity index (χ4n) is 3.08. The van der Waals surface area contributed by atoms with Gasteiger partial charge in [0.05, 0.1) is 11.1 Å². The van der Waals surface area contributed by atoms with Gasteiger partial charge < -0.3 is 9.15 Å². The largest absolute Gasteiger partial charge is 0.451 e. The summed E-state index contributed by atoms with van der Waals surface area (Å²) in [6, 6.07) is 14.5. The molecule has 2 atom stereocenters. The number of esters is 1. The van der Waals surface area contributed by atoms with Gasteiger partial charge in [0, 0.05) is 5.56 Å². The predicted octanol–water partition coefficient (Wildman–Crippen LogP) is 3.03. The summed E-state index contributed by atoms with van der Waals surface area (Å²) in [7, 11) is 0. The molecule has 0 saturated carbocycles. The third kappa shape index (κ3) is 3.29. The Bertz CT molecular complexity index is 1060. The van der Waals surface area contributed by atoms with Gasteiger partial charge in [-0.1, -0.05) is 30.3 Å². The SMILES string of the molecule is C[C@H](OC(=O)[C@H](C)N1C(=O)c2ccccc2C1=O)c1nnc(-c2ccccc2)o1. The van der Waals surface area contributed by atoms with Gasteiger partial charge in [0.1, 0.15) is 6.04 Å². The van der Waals surface area contributed by atoms with E-state index in [0.717, 1.165) is 10.5 Å². The van der Waals surface area contributed by atoms with Crippen LogP contribution in [0.15, 0.2) is 59.0 Å². The number of nitrogens with zero attached hydrogens (tertiary/aromatic N) is 3. The van der Waals surface area contributed by atoms with Crippen LogP contribution in [-0.2, 0) is 9.53 Å². The third-order valence-electron chi connectivity index (χ3n) is 4.66. The highest BCUT2D eigenvalue weighted by atomic mass is 16.6. The molecule has 29 heavy (non-hydrogen) atoms. The van der Waals surface area contributed by atoms with Crippen molar-refractivity contribution in [3.63, 3.8) is 0 Å². The summed E-state index contributed by atoms with van der Waals surface area (Å²) in [6.45, 7) is 3.02. The lowest BCUT2D eigenvalue weighted by Crippen LogP contribution is -2.43. The molecule has 0 spiro atoms. The van der Waals surface area contributed by atoms with Crippen molar-refractivity contribution in [1.82, 2.24) is 15.1 Å². The van der Waals surface area contributed by atoms with E-state index in [1.807, 2.05) is 30.3 Å². The van der Waals surface area contributed by atoms with Crippen molar-refractivity contribution in [3.8, 4) is 11.5 Å². The number of ether oxygens (including phenoxy) is 1. The smallest absolute Gasteiger partial charge is 0.329 e. The van der Waals surface area contributed by atoms with Gasteiger partial charge in [-0.2, -0.15) is 0 Å². The molecule has 2 heterocycles. The lowest BCUT2D eigenvalue weighted by Gasteiger charge is -2.22. The number of carbonyl (C=O) groups is 3. The molecule has 0 bridgehead atoms. The van der Waals surface area contributed by atoms with Crippen LogP contribution in [0.5, 0.6) is 0 Å². The summed E-state index contributed by atoms with van der Waals surface area (Å²) in [5.74, 6) is -1.37. The minimum absolute atomic E-state index is 0.117. The lowest BCUT2D eigenvalue weighted by molar-refractivity contribution is -0.153. The Morgan fingerprint density at radius 2 is 1.52 bits per heavy atom. The maximum absolute atomic E-state index is 12.6. The summed E-state index contributed by atoms with van der Waals surface area (Å²) in [4.78, 5) is 38.5. The van der Waals surface area contributed by atoms with E-state index in [1.54, 1.807) is 31.2 Å². The first-order valence-electron chi connectivity index (χ1n) is 9.03. The standard InChI is InChI=1S/C21H17N3O5/c1-12(24-19(25)15-10-6-7-11-16(15)20(24)26)21(27)28-13(2)17-22-23-18(29-17)14-8-4-3-5-9-14/h3-13H,1-2H3/t12-,13-/m0/s1. The molecule has 3 aromatic rings. The number of amides is 2. The zero-order chi connectivity index (χ0) is 20.5. The quantitative estimate of drug-likeness (QED) is 0.486. The second-order valence-electron chi connectivity index (χ2n) is 6.59. The molecule has 1 aromatic heterocycles. The molecule has 0 fully saturated rings. The molecule has 2 aromatic carbocycles. The molecule has 2 amide bonds.